The Morgan fingerprint density at radius 1 is 1.58 bits per heavy atom. The fourth-order valence-corrected chi connectivity index (χ4v) is 3.29. The van der Waals surface area contributed by atoms with Gasteiger partial charge in [-0.05, 0) is 15.9 Å². The number of hydrogen-bond donors (Lipinski definition) is 2. The monoisotopic (exact) mass is 372 g/mol. The molecule has 1 heterocycles. The number of amides is 1. The molecule has 10 heteroatoms. The van der Waals surface area contributed by atoms with Gasteiger partial charge < -0.3 is 9.73 Å². The summed E-state index contributed by atoms with van der Waals surface area (Å²) >= 11 is 2.87. The van der Waals surface area contributed by atoms with Crippen molar-refractivity contribution < 1.29 is 21.8 Å². The van der Waals surface area contributed by atoms with E-state index < -0.39 is 26.7 Å². The topological polar surface area (TPSA) is 119 Å². The van der Waals surface area contributed by atoms with Crippen molar-refractivity contribution in [2.75, 3.05) is 18.1 Å². The van der Waals surface area contributed by atoms with Crippen LogP contribution in [-0.2, 0) is 20.8 Å². The summed E-state index contributed by atoms with van der Waals surface area (Å²) in [5, 5.41) is 7.41. The molecule has 3 N–H and O–H groups in total. The second kappa shape index (κ2) is 6.64. The van der Waals surface area contributed by atoms with Crippen molar-refractivity contribution in [3.63, 3.8) is 0 Å². The molecule has 1 unspecified atom stereocenters. The average Bonchev–Trinajstić information content (AvgIpc) is 2.70. The van der Waals surface area contributed by atoms with Crippen molar-refractivity contribution in [3.8, 4) is 0 Å². The van der Waals surface area contributed by atoms with Gasteiger partial charge in [-0.1, -0.05) is 6.92 Å². The van der Waals surface area contributed by atoms with Crippen LogP contribution in [0.2, 0.25) is 0 Å². The predicted octanol–water partition coefficient (Wildman–Crippen LogP) is 0.188. The number of sulfonamides is 1. The number of rotatable bonds is 6. The summed E-state index contributed by atoms with van der Waals surface area (Å²) in [6.45, 7) is 1.99. The van der Waals surface area contributed by atoms with Crippen LogP contribution in [0.1, 0.15) is 17.5 Å². The highest BCUT2D eigenvalue weighted by molar-refractivity contribution is 9.10. The maximum absolute atomic E-state index is 11.6. The first kappa shape index (κ1) is 16.3. The smallest absolute Gasteiger partial charge is 0.287 e. The van der Waals surface area contributed by atoms with Gasteiger partial charge in [-0.15, -0.1) is 0 Å². The van der Waals surface area contributed by atoms with Crippen LogP contribution in [0.3, 0.4) is 0 Å². The Kier molecular flexibility index (Phi) is 5.71. The van der Waals surface area contributed by atoms with Gasteiger partial charge >= 0.3 is 0 Å². The minimum atomic E-state index is -3.95. The third-order valence-electron chi connectivity index (χ3n) is 2.12. The summed E-state index contributed by atoms with van der Waals surface area (Å²) in [6, 6.07) is 1.03. The Hall–Kier alpha value is -0.710. The van der Waals surface area contributed by atoms with Crippen LogP contribution in [0.4, 0.5) is 0 Å². The molecule has 1 atom stereocenters. The largest absolute Gasteiger partial charge is 0.443 e. The van der Waals surface area contributed by atoms with E-state index >= 15 is 0 Å². The fraction of sp³-hybridized carbons (Fsp3) is 0.444. The van der Waals surface area contributed by atoms with Crippen molar-refractivity contribution in [2.24, 2.45) is 5.14 Å². The summed E-state index contributed by atoms with van der Waals surface area (Å²) in [7, 11) is -4.94. The molecule has 19 heavy (non-hydrogen) atoms. The van der Waals surface area contributed by atoms with E-state index in [2.05, 4.69) is 21.2 Å². The highest BCUT2D eigenvalue weighted by Crippen LogP contribution is 2.24. The summed E-state index contributed by atoms with van der Waals surface area (Å²) in [4.78, 5) is 11.4. The highest BCUT2D eigenvalue weighted by Gasteiger charge is 2.21. The first-order chi connectivity index (χ1) is 8.75. The van der Waals surface area contributed by atoms with E-state index in [4.69, 9.17) is 9.56 Å². The first-order valence-electron chi connectivity index (χ1n) is 5.21. The van der Waals surface area contributed by atoms with Gasteiger partial charge in [0, 0.05) is 34.9 Å². The maximum atomic E-state index is 11.6. The van der Waals surface area contributed by atoms with Gasteiger partial charge in [0.05, 0.1) is 0 Å². The molecule has 0 bridgehead atoms. The SMILES string of the molecule is CCS(=O)CCNC(=O)c1cc(S(N)(=O)=O)c(Br)o1. The molecule has 0 aliphatic carbocycles. The molecular formula is C9H13BrN2O5S2. The predicted molar refractivity (Wildman–Crippen MR) is 73.7 cm³/mol. The molecule has 0 aromatic carbocycles. The summed E-state index contributed by atoms with van der Waals surface area (Å²) < 4.78 is 38.3. The molecule has 1 amide bonds. The maximum Gasteiger partial charge on any atom is 0.287 e. The second-order valence-electron chi connectivity index (χ2n) is 3.48. The minimum Gasteiger partial charge on any atom is -0.443 e. The van der Waals surface area contributed by atoms with Crippen molar-refractivity contribution >= 4 is 42.7 Å². The number of carbonyl (C=O) groups excluding carboxylic acids is 1. The van der Waals surface area contributed by atoms with Crippen molar-refractivity contribution in [2.45, 2.75) is 11.8 Å². The van der Waals surface area contributed by atoms with Crippen molar-refractivity contribution in [1.29, 1.82) is 0 Å². The highest BCUT2D eigenvalue weighted by atomic mass is 79.9. The van der Waals surface area contributed by atoms with Gasteiger partial charge in [0.25, 0.3) is 5.91 Å². The molecule has 1 aromatic rings. The van der Waals surface area contributed by atoms with Crippen LogP contribution >= 0.6 is 15.9 Å². The molecule has 7 nitrogen and oxygen atoms in total. The van der Waals surface area contributed by atoms with E-state index in [1.165, 1.54) is 0 Å². The van der Waals surface area contributed by atoms with Crippen LogP contribution in [0, 0.1) is 0 Å². The molecule has 0 saturated carbocycles. The van der Waals surface area contributed by atoms with E-state index in [-0.39, 0.29) is 21.9 Å². The summed E-state index contributed by atoms with van der Waals surface area (Å²) in [5.74, 6) is 0.0612. The van der Waals surface area contributed by atoms with Crippen LogP contribution in [0.25, 0.3) is 0 Å². The van der Waals surface area contributed by atoms with E-state index in [1.54, 1.807) is 6.92 Å². The van der Waals surface area contributed by atoms with Crippen LogP contribution in [0.15, 0.2) is 20.0 Å². The number of carbonyl (C=O) groups is 1. The quantitative estimate of drug-likeness (QED) is 0.738. The molecule has 0 fully saturated rings. The van der Waals surface area contributed by atoms with Gasteiger partial charge in [-0.25, -0.2) is 13.6 Å². The number of nitrogens with one attached hydrogen (secondary N) is 1. The molecule has 0 aliphatic heterocycles. The third-order valence-corrected chi connectivity index (χ3v) is 5.19. The third kappa shape index (κ3) is 4.71. The average molecular weight is 373 g/mol. The first-order valence-corrected chi connectivity index (χ1v) is 9.03. The zero-order valence-electron chi connectivity index (χ0n) is 10.0. The lowest BCUT2D eigenvalue weighted by Crippen LogP contribution is -2.27. The summed E-state index contributed by atoms with van der Waals surface area (Å²) in [6.07, 6.45) is 0. The normalized spacial score (nSPS) is 13.2. The van der Waals surface area contributed by atoms with E-state index in [9.17, 15) is 17.4 Å². The molecule has 0 radical (unpaired) electrons. The van der Waals surface area contributed by atoms with Crippen LogP contribution < -0.4 is 10.5 Å². The lowest BCUT2D eigenvalue weighted by molar-refractivity contribution is 0.0927. The lowest BCUT2D eigenvalue weighted by atomic mass is 10.4. The Morgan fingerprint density at radius 2 is 2.21 bits per heavy atom. The molecule has 0 spiro atoms. The van der Waals surface area contributed by atoms with E-state index in [1.807, 2.05) is 0 Å². The van der Waals surface area contributed by atoms with E-state index in [0.29, 0.717) is 11.5 Å². The van der Waals surface area contributed by atoms with Crippen molar-refractivity contribution in [1.82, 2.24) is 5.32 Å². The van der Waals surface area contributed by atoms with Gasteiger partial charge in [0.1, 0.15) is 4.90 Å². The zero-order valence-corrected chi connectivity index (χ0v) is 13.2. The number of nitrogens with two attached hydrogens (primary N) is 1. The molecule has 108 valence electrons. The molecule has 0 aliphatic rings. The van der Waals surface area contributed by atoms with Gasteiger partial charge in [0.2, 0.25) is 10.0 Å². The van der Waals surface area contributed by atoms with Gasteiger partial charge in [-0.2, -0.15) is 0 Å². The molecule has 1 aromatic heterocycles. The number of primary sulfonamides is 1. The van der Waals surface area contributed by atoms with E-state index in [0.717, 1.165) is 6.07 Å². The minimum absolute atomic E-state index is 0.128. The second-order valence-corrected chi connectivity index (χ2v) is 7.60. The lowest BCUT2D eigenvalue weighted by Gasteiger charge is -2.01. The Labute approximate surface area is 121 Å². The Morgan fingerprint density at radius 3 is 2.68 bits per heavy atom. The Bertz CT molecular complexity index is 596. The van der Waals surface area contributed by atoms with Gasteiger partial charge in [-0.3, -0.25) is 9.00 Å². The fourth-order valence-electron chi connectivity index (χ4n) is 1.17. The molecular weight excluding hydrogens is 360 g/mol. The molecule has 0 saturated heterocycles. The number of halogens is 1. The van der Waals surface area contributed by atoms with Gasteiger partial charge in [0.15, 0.2) is 10.4 Å². The van der Waals surface area contributed by atoms with Crippen molar-refractivity contribution in [3.05, 3.63) is 16.5 Å². The standard InChI is InChI=1S/C9H13BrN2O5S2/c1-2-18(14)4-3-12-9(13)6-5-7(8(10)17-6)19(11,15)16/h5H,2-4H2,1H3,(H,12,13)(H2,11,15,16). The zero-order chi connectivity index (χ0) is 14.6. The Balaban J connectivity index is 2.71. The van der Waals surface area contributed by atoms with Crippen LogP contribution in [0.5, 0.6) is 0 Å². The number of hydrogen-bond acceptors (Lipinski definition) is 5. The summed E-state index contributed by atoms with van der Waals surface area (Å²) in [5.41, 5.74) is 0. The van der Waals surface area contributed by atoms with Crippen LogP contribution in [-0.4, -0.2) is 36.6 Å². The number of furan rings is 1. The molecule has 1 rings (SSSR count).